The molecule has 10 unspecified atom stereocenters. The van der Waals surface area contributed by atoms with Crippen molar-refractivity contribution in [2.45, 2.75) is 141 Å². The van der Waals surface area contributed by atoms with Gasteiger partial charge in [0.05, 0.1) is 22.5 Å². The number of hydrogen-bond acceptors (Lipinski definition) is 6. The van der Waals surface area contributed by atoms with Crippen molar-refractivity contribution >= 4 is 11.9 Å². The van der Waals surface area contributed by atoms with Crippen molar-refractivity contribution in [3.8, 4) is 0 Å². The van der Waals surface area contributed by atoms with Crippen molar-refractivity contribution in [1.82, 2.24) is 0 Å². The first-order valence-electron chi connectivity index (χ1n) is 19.2. The van der Waals surface area contributed by atoms with Crippen LogP contribution in [0.4, 0.5) is 0 Å². The average molecular weight is 623 g/mol. The van der Waals surface area contributed by atoms with Crippen LogP contribution in [0.15, 0.2) is 0 Å². The zero-order chi connectivity index (χ0) is 31.4. The molecule has 0 aromatic carbocycles. The van der Waals surface area contributed by atoms with E-state index in [4.69, 9.17) is 9.47 Å². The van der Waals surface area contributed by atoms with Gasteiger partial charge in [-0.15, -0.1) is 0 Å². The molecule has 0 amide bonds. The van der Waals surface area contributed by atoms with Crippen LogP contribution in [-0.2, 0) is 19.1 Å². The minimum Gasteiger partial charge on any atom is -0.461 e. The molecular weight excluding hydrogens is 564 g/mol. The number of carbonyl (C=O) groups is 2. The van der Waals surface area contributed by atoms with E-state index in [0.717, 1.165) is 50.9 Å². The van der Waals surface area contributed by atoms with Gasteiger partial charge < -0.3 is 19.7 Å². The minimum atomic E-state index is -0.417. The van der Waals surface area contributed by atoms with Gasteiger partial charge in [-0.05, 0) is 156 Å². The fourth-order valence-electron chi connectivity index (χ4n) is 15.0. The van der Waals surface area contributed by atoms with Gasteiger partial charge in [0.15, 0.2) is 0 Å². The molecule has 0 spiro atoms. The van der Waals surface area contributed by atoms with Gasteiger partial charge in [-0.3, -0.25) is 9.59 Å². The fourth-order valence-corrected chi connectivity index (χ4v) is 15.0. The van der Waals surface area contributed by atoms with E-state index in [-0.39, 0.29) is 40.6 Å². The lowest BCUT2D eigenvalue weighted by Gasteiger charge is -2.75. The van der Waals surface area contributed by atoms with Gasteiger partial charge in [0.2, 0.25) is 0 Å². The molecule has 14 saturated carbocycles. The van der Waals surface area contributed by atoms with Crippen LogP contribution in [0.5, 0.6) is 0 Å². The predicted octanol–water partition coefficient (Wildman–Crippen LogP) is 6.55. The van der Waals surface area contributed by atoms with Gasteiger partial charge in [-0.1, -0.05) is 20.8 Å². The molecule has 0 aromatic rings. The Morgan fingerprint density at radius 3 is 1.82 bits per heavy atom. The predicted molar refractivity (Wildman–Crippen MR) is 168 cm³/mol. The van der Waals surface area contributed by atoms with E-state index in [0.29, 0.717) is 71.0 Å². The van der Waals surface area contributed by atoms with Crippen molar-refractivity contribution < 1.29 is 29.3 Å². The van der Waals surface area contributed by atoms with Crippen molar-refractivity contribution in [1.29, 1.82) is 0 Å². The van der Waals surface area contributed by atoms with E-state index >= 15 is 0 Å². The molecule has 0 aliphatic heterocycles. The van der Waals surface area contributed by atoms with Crippen LogP contribution in [0.25, 0.3) is 0 Å². The number of carbonyl (C=O) groups excluding carboxylic acids is 2. The van der Waals surface area contributed by atoms with Crippen LogP contribution in [0, 0.1) is 88.3 Å². The summed E-state index contributed by atoms with van der Waals surface area (Å²) in [6.45, 7) is 10.1. The molecule has 6 nitrogen and oxygen atoms in total. The molecule has 0 radical (unpaired) electrons. The molecule has 14 aliphatic carbocycles. The number of esters is 2. The van der Waals surface area contributed by atoms with Crippen LogP contribution >= 0.6 is 0 Å². The van der Waals surface area contributed by atoms with Gasteiger partial charge in [0.25, 0.3) is 0 Å². The van der Waals surface area contributed by atoms with E-state index in [1.54, 1.807) is 0 Å². The van der Waals surface area contributed by atoms with E-state index in [2.05, 4.69) is 13.8 Å². The molecule has 250 valence electrons. The molecule has 0 aromatic heterocycles. The summed E-state index contributed by atoms with van der Waals surface area (Å²) in [7, 11) is 0. The Balaban J connectivity index is 0.000000125. The Bertz CT molecular complexity index is 1220. The summed E-state index contributed by atoms with van der Waals surface area (Å²) in [5, 5.41) is 22.7. The van der Waals surface area contributed by atoms with Gasteiger partial charge >= 0.3 is 11.9 Å². The lowest BCUT2D eigenvalue weighted by molar-refractivity contribution is -0.344. The standard InChI is InChI=1S/C20H30O3.C19H28O3/c1-4-19(2,3)18(21)23-17-11-7-14-12-5-10-6-13(16(12)17)15(8-11)20(14,22)9-10;1-3-10(2)17(20)22-19-9-12-4-13-15(19)6-11-7-16(19)14(5-12)18(13,21)8-11/h10-17,22H,4-9H2,1-3H3;10-16,21H,3-9H2,1-2H3. The van der Waals surface area contributed by atoms with Crippen LogP contribution in [-0.4, -0.2) is 45.1 Å². The quantitative estimate of drug-likeness (QED) is 0.327. The van der Waals surface area contributed by atoms with Crippen LogP contribution < -0.4 is 0 Å². The van der Waals surface area contributed by atoms with Crippen LogP contribution in [0.1, 0.15) is 118 Å². The lowest BCUT2D eigenvalue weighted by atomic mass is 9.32. The van der Waals surface area contributed by atoms with Crippen molar-refractivity contribution in [2.75, 3.05) is 0 Å². The summed E-state index contributed by atoms with van der Waals surface area (Å²) in [6, 6.07) is 0. The van der Waals surface area contributed by atoms with Crippen LogP contribution in [0.3, 0.4) is 0 Å². The number of ether oxygens (including phenoxy) is 2. The highest BCUT2D eigenvalue weighted by Gasteiger charge is 2.77. The Morgan fingerprint density at radius 2 is 1.27 bits per heavy atom. The molecule has 10 atom stereocenters. The van der Waals surface area contributed by atoms with E-state index < -0.39 is 5.60 Å². The molecule has 2 N–H and O–H groups in total. The number of rotatable bonds is 6. The topological polar surface area (TPSA) is 93.1 Å². The molecule has 14 rings (SSSR count). The Kier molecular flexibility index (Phi) is 6.33. The van der Waals surface area contributed by atoms with Crippen molar-refractivity contribution in [3.05, 3.63) is 0 Å². The van der Waals surface area contributed by atoms with Gasteiger partial charge in [0, 0.05) is 17.8 Å². The van der Waals surface area contributed by atoms with Gasteiger partial charge in [-0.2, -0.15) is 0 Å². The van der Waals surface area contributed by atoms with Crippen molar-refractivity contribution in [3.63, 3.8) is 0 Å². The fraction of sp³-hybridized carbons (Fsp3) is 0.949. The molecule has 16 bridgehead atoms. The highest BCUT2D eigenvalue weighted by atomic mass is 16.6. The molecule has 6 heteroatoms. The first kappa shape index (κ1) is 30.0. The molecule has 0 saturated heterocycles. The average Bonchev–Trinajstić information content (AvgIpc) is 3.01. The summed E-state index contributed by atoms with van der Waals surface area (Å²) in [4.78, 5) is 25.2. The minimum absolute atomic E-state index is 0.000539. The third-order valence-corrected chi connectivity index (χ3v) is 17.2. The first-order valence-corrected chi connectivity index (χ1v) is 19.2. The maximum atomic E-state index is 12.7. The SMILES string of the molecule is CCC(C)(C)C(=O)OC1C2CC3C4CC5CC(C41)C(C2)C3(O)C5.CCC(C)C(=O)OC12CC3CC4C1CC1CC2C(C3)C4(O)C1. The molecule has 14 fully saturated rings. The Hall–Kier alpha value is -1.14. The second kappa shape index (κ2) is 9.51. The summed E-state index contributed by atoms with van der Waals surface area (Å²) in [6.07, 6.45) is 14.5. The zero-order valence-corrected chi connectivity index (χ0v) is 28.4. The number of aliphatic hydroxyl groups is 2. The van der Waals surface area contributed by atoms with E-state index in [1.807, 2.05) is 20.8 Å². The first-order chi connectivity index (χ1) is 21.3. The summed E-state index contributed by atoms with van der Waals surface area (Å²) in [5.41, 5.74) is -1.36. The third-order valence-electron chi connectivity index (χ3n) is 17.2. The molecule has 14 aliphatic rings. The van der Waals surface area contributed by atoms with Gasteiger partial charge in [0.1, 0.15) is 11.7 Å². The molecule has 0 heterocycles. The zero-order valence-electron chi connectivity index (χ0n) is 28.4. The van der Waals surface area contributed by atoms with E-state index in [1.165, 1.54) is 38.5 Å². The van der Waals surface area contributed by atoms with Crippen molar-refractivity contribution in [2.24, 2.45) is 88.3 Å². The third kappa shape index (κ3) is 3.77. The Labute approximate surface area is 270 Å². The summed E-state index contributed by atoms with van der Waals surface area (Å²) >= 11 is 0. The number of hydrogen-bond donors (Lipinski definition) is 2. The summed E-state index contributed by atoms with van der Waals surface area (Å²) in [5.74, 6) is 7.10. The monoisotopic (exact) mass is 622 g/mol. The van der Waals surface area contributed by atoms with E-state index in [9.17, 15) is 19.8 Å². The highest BCUT2D eigenvalue weighted by molar-refractivity contribution is 5.76. The molecular formula is C39H58O6. The largest absolute Gasteiger partial charge is 0.461 e. The smallest absolute Gasteiger partial charge is 0.311 e. The highest BCUT2D eigenvalue weighted by Crippen LogP contribution is 2.75. The Morgan fingerprint density at radius 1 is 0.756 bits per heavy atom. The molecule has 45 heavy (non-hydrogen) atoms. The van der Waals surface area contributed by atoms with Gasteiger partial charge in [-0.25, -0.2) is 0 Å². The normalized spacial score (nSPS) is 56.8. The van der Waals surface area contributed by atoms with Crippen LogP contribution in [0.2, 0.25) is 0 Å². The lowest BCUT2D eigenvalue weighted by Crippen LogP contribution is -2.78. The maximum Gasteiger partial charge on any atom is 0.311 e. The second-order valence-electron chi connectivity index (χ2n) is 19.2. The summed E-state index contributed by atoms with van der Waals surface area (Å²) < 4.78 is 12.5. The second-order valence-corrected chi connectivity index (χ2v) is 19.2. The maximum absolute atomic E-state index is 12.7.